The van der Waals surface area contributed by atoms with Crippen LogP contribution in [0.5, 0.6) is 0 Å². The molecule has 7 aliphatic rings. The molecule has 6 fully saturated rings. The van der Waals surface area contributed by atoms with E-state index in [4.69, 9.17) is 9.47 Å². The minimum Gasteiger partial charge on any atom is -0.382 e. The third-order valence-corrected chi connectivity index (χ3v) is 24.0. The molecule has 4 saturated carbocycles. The number of hydrogen-bond acceptors (Lipinski definition) is 14. The van der Waals surface area contributed by atoms with Crippen LogP contribution >= 0.6 is 0 Å². The average molecular weight is 1540 g/mol. The first-order valence-corrected chi connectivity index (χ1v) is 39.0. The predicted molar refractivity (Wildman–Crippen MR) is 392 cm³/mol. The first kappa shape index (κ1) is 88.2. The summed E-state index contributed by atoms with van der Waals surface area (Å²) in [7, 11) is 12.5. The Morgan fingerprint density at radius 1 is 0.676 bits per heavy atom. The number of alkyl halides is 5. The van der Waals surface area contributed by atoms with Gasteiger partial charge in [0.1, 0.15) is 72.1 Å². The van der Waals surface area contributed by atoms with Crippen LogP contribution in [0.4, 0.5) is 22.0 Å². The molecule has 2 unspecified atom stereocenters. The van der Waals surface area contributed by atoms with Gasteiger partial charge in [0.15, 0.2) is 0 Å². The fourth-order valence-electron chi connectivity index (χ4n) is 17.7. The van der Waals surface area contributed by atoms with Crippen molar-refractivity contribution in [2.45, 2.75) is 268 Å². The summed E-state index contributed by atoms with van der Waals surface area (Å²) in [4.78, 5) is 193. The molecule has 2 bridgehead atoms. The molecule has 0 aromatic carbocycles. The van der Waals surface area contributed by atoms with Gasteiger partial charge in [-0.15, -0.1) is 0 Å². The minimum absolute atomic E-state index is 0.00118. The van der Waals surface area contributed by atoms with E-state index in [-0.39, 0.29) is 57.5 Å². The molecule has 26 nitrogen and oxygen atoms in total. The first-order chi connectivity index (χ1) is 50.6. The fraction of sp³-hybridized carbons (Fsp3) is 0.818. The van der Waals surface area contributed by atoms with Gasteiger partial charge in [-0.3, -0.25) is 57.5 Å². The van der Waals surface area contributed by atoms with Crippen LogP contribution in [0.3, 0.4) is 0 Å². The lowest BCUT2D eigenvalue weighted by molar-refractivity contribution is -0.219. The van der Waals surface area contributed by atoms with Crippen LogP contribution in [-0.4, -0.2) is 296 Å². The molecule has 4 aliphatic carbocycles. The van der Waals surface area contributed by atoms with E-state index in [1.807, 2.05) is 19.9 Å². The normalized spacial score (nSPS) is 32.4. The molecule has 108 heavy (non-hydrogen) atoms. The number of carbonyl (C=O) groups excluding carboxylic acids is 12. The van der Waals surface area contributed by atoms with E-state index < -0.39 is 230 Å². The Balaban J connectivity index is 1.34. The molecule has 1 spiro atoms. The Labute approximate surface area is 634 Å². The van der Waals surface area contributed by atoms with Crippen LogP contribution in [0.15, 0.2) is 12.2 Å². The standard InChI is InChI=1S/C77H123F5N12O14/c1-17-47(5)64-72(104)88(11)41-62(97)89(12)55-26-22-19-23-33-93(71(55)103)58(36-48-29-27-46(4)28-30-48)70(102)87(10)40-60(95)83-54(32-31-49-34-52(78)63(53(79)35-49)77(80,81)82)68(100)94-39-51(108-45(2)3)37-56(94)67(99)85-76(43-75(6,7)44-76)74(106)92(15)65(50-24-20-18-21-25-50)73(105)91(14)57(69(101)86(8)9)38-61(96)90(13)59(42-107-16)66(98)84-64/h19,22,45-59,63-65H,17-18,20-21,23-44H2,1-16H3,(H,83,95)(H,84,98)(H,85,99)/b22-19-/t46?,47-,48?,49?,51+,52?,53?,54-,55-,56-,57-,58-,59-,63?,64-,65-/m0/s1. The fourth-order valence-corrected chi connectivity index (χ4v) is 17.7. The number of fused-ring (bicyclic) bond motifs is 3. The summed E-state index contributed by atoms with van der Waals surface area (Å²) in [6.07, 6.45) is -3.88. The number of nitrogens with one attached hydrogen (secondary N) is 3. The summed E-state index contributed by atoms with van der Waals surface area (Å²) in [5.74, 6) is -13.5. The van der Waals surface area contributed by atoms with Gasteiger partial charge in [-0.25, -0.2) is 8.78 Å². The maximum Gasteiger partial charge on any atom is 0.397 e. The highest BCUT2D eigenvalue weighted by molar-refractivity contribution is 6.01. The van der Waals surface area contributed by atoms with Crippen LogP contribution in [0.25, 0.3) is 0 Å². The van der Waals surface area contributed by atoms with E-state index in [1.165, 1.54) is 88.0 Å². The number of carbonyl (C=O) groups is 12. The molecule has 0 radical (unpaired) electrons. The second-order valence-electron chi connectivity index (χ2n) is 33.6. The third-order valence-electron chi connectivity index (χ3n) is 24.0. The number of methoxy groups -OCH3 is 1. The Kier molecular flexibility index (Phi) is 30.8. The van der Waals surface area contributed by atoms with Crippen molar-refractivity contribution in [3.63, 3.8) is 0 Å². The molecule has 31 heteroatoms. The van der Waals surface area contributed by atoms with E-state index in [0.29, 0.717) is 44.4 Å². The zero-order chi connectivity index (χ0) is 80.4. The second kappa shape index (κ2) is 37.8. The summed E-state index contributed by atoms with van der Waals surface area (Å²) in [6.45, 7) is 11.0. The van der Waals surface area contributed by atoms with Crippen molar-refractivity contribution in [2.75, 3.05) is 96.3 Å². The smallest absolute Gasteiger partial charge is 0.382 e. The van der Waals surface area contributed by atoms with Crippen LogP contribution in [0.2, 0.25) is 0 Å². The second-order valence-corrected chi connectivity index (χ2v) is 33.6. The van der Waals surface area contributed by atoms with E-state index in [9.17, 15) is 41.9 Å². The van der Waals surface area contributed by atoms with Crippen molar-refractivity contribution in [3.05, 3.63) is 12.2 Å². The van der Waals surface area contributed by atoms with Gasteiger partial charge in [0, 0.05) is 83.0 Å². The van der Waals surface area contributed by atoms with Gasteiger partial charge in [-0.1, -0.05) is 98.1 Å². The van der Waals surface area contributed by atoms with Gasteiger partial charge >= 0.3 is 6.18 Å². The summed E-state index contributed by atoms with van der Waals surface area (Å²) >= 11 is 0. The lowest BCUT2D eigenvalue weighted by atomic mass is 9.58. The quantitative estimate of drug-likeness (QED) is 0.145. The van der Waals surface area contributed by atoms with Crippen LogP contribution < -0.4 is 16.0 Å². The van der Waals surface area contributed by atoms with Gasteiger partial charge < -0.3 is 69.5 Å². The number of rotatable bonds is 13. The van der Waals surface area contributed by atoms with Crippen LogP contribution in [0.1, 0.15) is 183 Å². The molecule has 3 aliphatic heterocycles. The number of nitrogens with zero attached hydrogens (tertiary/aromatic N) is 9. The number of likely N-dealkylation sites (N-methyl/N-ethyl adjacent to an activating group) is 7. The van der Waals surface area contributed by atoms with Crippen LogP contribution in [0, 0.1) is 40.9 Å². The van der Waals surface area contributed by atoms with E-state index in [0.717, 1.165) is 51.7 Å². The Morgan fingerprint density at radius 2 is 1.30 bits per heavy atom. The van der Waals surface area contributed by atoms with Gasteiger partial charge in [0.05, 0.1) is 38.3 Å². The van der Waals surface area contributed by atoms with Crippen molar-refractivity contribution >= 4 is 70.9 Å². The SMILES string of the molecule is CC[C@H](C)[C@@H]1NC(=O)[C@H](COC)N(C)C(=O)C[C@@H](C(=O)N(C)C)N(C)C(=O)[C@H](C2CCCCC2)N(C)C(=O)C2(CC(C)(C)C2)NC(=O)[C@@H]2C[C@@H](OC(C)C)CN2C(=O)[C@H](CCC2CC(F)C(C(F)(F)F)C(F)C2)NC(=O)CN(C)C(=O)[C@H](CC2CCC(C)CC2)N2CC/C=C\C[C@@H](C2=O)N(C)C(=O)CN(C)C1=O. The lowest BCUT2D eigenvalue weighted by Crippen LogP contribution is -2.71. The molecule has 7 rings (SSSR count). The van der Waals surface area contributed by atoms with E-state index >= 15 is 37.5 Å². The predicted octanol–water partition coefficient (Wildman–Crippen LogP) is 5.82. The number of ether oxygens (including phenoxy) is 2. The monoisotopic (exact) mass is 1530 g/mol. The van der Waals surface area contributed by atoms with Crippen LogP contribution in [-0.2, 0) is 67.0 Å². The third kappa shape index (κ3) is 21.5. The first-order valence-electron chi connectivity index (χ1n) is 39.0. The van der Waals surface area contributed by atoms with Crippen molar-refractivity contribution in [1.82, 2.24) is 60.0 Å². The summed E-state index contributed by atoms with van der Waals surface area (Å²) in [5.41, 5.74) is -2.32. The average Bonchev–Trinajstić information content (AvgIpc) is 0.992. The van der Waals surface area contributed by atoms with Gasteiger partial charge in [0.2, 0.25) is 70.9 Å². The topological polar surface area (TPSA) is 289 Å². The highest BCUT2D eigenvalue weighted by Crippen LogP contribution is 2.50. The Bertz CT molecular complexity index is 3220. The largest absolute Gasteiger partial charge is 0.397 e. The number of amides is 12. The Morgan fingerprint density at radius 3 is 1.87 bits per heavy atom. The molecule has 12 amide bonds. The molecule has 610 valence electrons. The zero-order valence-corrected chi connectivity index (χ0v) is 66.6. The van der Waals surface area contributed by atoms with E-state index in [1.54, 1.807) is 33.8 Å². The highest BCUT2D eigenvalue weighted by Gasteiger charge is 2.60. The van der Waals surface area contributed by atoms with Crippen molar-refractivity contribution < 1.29 is 89.0 Å². The van der Waals surface area contributed by atoms with Crippen molar-refractivity contribution in [2.24, 2.45) is 40.9 Å². The van der Waals surface area contributed by atoms with Crippen molar-refractivity contribution in [3.8, 4) is 0 Å². The molecule has 0 aromatic heterocycles. The van der Waals surface area contributed by atoms with Gasteiger partial charge in [0.25, 0.3) is 0 Å². The molecule has 3 heterocycles. The minimum atomic E-state index is -5.18. The summed E-state index contributed by atoms with van der Waals surface area (Å²) in [6, 6.07) is -11.0. The molecular formula is C77H123F5N12O14. The zero-order valence-electron chi connectivity index (χ0n) is 66.6. The molecular weight excluding hydrogens is 1410 g/mol. The maximum absolute atomic E-state index is 15.9. The van der Waals surface area contributed by atoms with E-state index in [2.05, 4.69) is 22.9 Å². The summed E-state index contributed by atoms with van der Waals surface area (Å²) < 4.78 is 85.0. The molecule has 12 atom stereocenters. The maximum atomic E-state index is 15.9. The number of halogens is 5. The highest BCUT2D eigenvalue weighted by atomic mass is 19.4. The molecule has 0 aromatic rings. The molecule has 3 N–H and O–H groups in total. The molecule has 2 saturated heterocycles. The number of hydrogen-bond donors (Lipinski definition) is 3. The van der Waals surface area contributed by atoms with Crippen molar-refractivity contribution in [1.29, 1.82) is 0 Å². The van der Waals surface area contributed by atoms with Gasteiger partial charge in [-0.05, 0) is 119 Å². The summed E-state index contributed by atoms with van der Waals surface area (Å²) in [5, 5.41) is 8.58. The Hall–Kier alpha value is -7.05. The lowest BCUT2D eigenvalue weighted by Gasteiger charge is -2.54. The van der Waals surface area contributed by atoms with Gasteiger partial charge in [-0.2, -0.15) is 13.2 Å².